The van der Waals surface area contributed by atoms with Crippen LogP contribution in [-0.4, -0.2) is 27.8 Å². The highest BCUT2D eigenvalue weighted by Crippen LogP contribution is 2.30. The number of hydrogen-bond acceptors (Lipinski definition) is 4. The van der Waals surface area contributed by atoms with Crippen LogP contribution in [0.3, 0.4) is 0 Å². The molecule has 1 aromatic rings. The van der Waals surface area contributed by atoms with Gasteiger partial charge in [-0.1, -0.05) is 11.8 Å². The summed E-state index contributed by atoms with van der Waals surface area (Å²) in [7, 11) is 0. The van der Waals surface area contributed by atoms with E-state index in [9.17, 15) is 14.0 Å². The van der Waals surface area contributed by atoms with Crippen molar-refractivity contribution in [2.75, 3.05) is 11.4 Å². The van der Waals surface area contributed by atoms with Gasteiger partial charge < -0.3 is 0 Å². The van der Waals surface area contributed by atoms with Crippen molar-refractivity contribution in [3.8, 4) is 0 Å². The fourth-order valence-electron chi connectivity index (χ4n) is 1.80. The smallest absolute Gasteiger partial charge is 0.229 e. The van der Waals surface area contributed by atoms with Gasteiger partial charge in [-0.25, -0.2) is 9.37 Å². The Labute approximate surface area is 121 Å². The van der Waals surface area contributed by atoms with Crippen molar-refractivity contribution in [2.24, 2.45) is 0 Å². The molecule has 2 heterocycles. The van der Waals surface area contributed by atoms with E-state index in [1.807, 2.05) is 22.6 Å². The lowest BCUT2D eigenvalue weighted by Gasteiger charge is -2.16. The highest BCUT2D eigenvalue weighted by molar-refractivity contribution is 14.1. The molecule has 0 radical (unpaired) electrons. The molecule has 1 saturated heterocycles. The van der Waals surface area contributed by atoms with E-state index in [0.717, 1.165) is 6.20 Å². The Hall–Kier alpha value is -0.700. The second-order valence-electron chi connectivity index (χ2n) is 3.90. The van der Waals surface area contributed by atoms with Crippen LogP contribution >= 0.6 is 34.4 Å². The van der Waals surface area contributed by atoms with Crippen LogP contribution in [-0.2, 0) is 9.59 Å². The first-order chi connectivity index (χ1) is 8.47. The van der Waals surface area contributed by atoms with E-state index in [-0.39, 0.29) is 16.3 Å². The molecule has 0 saturated carbocycles. The zero-order valence-corrected chi connectivity index (χ0v) is 12.5. The molecule has 18 heavy (non-hydrogen) atoms. The van der Waals surface area contributed by atoms with Gasteiger partial charge in [-0.15, -0.1) is 0 Å². The minimum Gasteiger partial charge on any atom is -0.295 e. The van der Waals surface area contributed by atoms with E-state index in [1.54, 1.807) is 0 Å². The summed E-state index contributed by atoms with van der Waals surface area (Å²) in [5.74, 6) is -0.0381. The molecule has 2 rings (SSSR count). The van der Waals surface area contributed by atoms with Crippen LogP contribution in [0.5, 0.6) is 0 Å². The van der Waals surface area contributed by atoms with E-state index in [0.29, 0.717) is 22.4 Å². The molecule has 1 amide bonds. The lowest BCUT2D eigenvalue weighted by molar-refractivity contribution is -0.117. The maximum absolute atomic E-state index is 13.0. The molecule has 1 unspecified atom stereocenters. The number of carbonyl (C=O) groups excluding carboxylic acids is 2. The zero-order valence-electron chi connectivity index (χ0n) is 9.52. The van der Waals surface area contributed by atoms with Gasteiger partial charge in [0.15, 0.2) is 5.12 Å². The van der Waals surface area contributed by atoms with Gasteiger partial charge in [0.2, 0.25) is 5.91 Å². The average molecular weight is 380 g/mol. The largest absolute Gasteiger partial charge is 0.295 e. The molecular formula is C11H10FIN2O2S. The number of amides is 1. The van der Waals surface area contributed by atoms with Gasteiger partial charge in [0.1, 0.15) is 11.6 Å². The van der Waals surface area contributed by atoms with E-state index in [4.69, 9.17) is 0 Å². The van der Waals surface area contributed by atoms with Crippen LogP contribution < -0.4 is 4.90 Å². The topological polar surface area (TPSA) is 50.3 Å². The number of aromatic nitrogens is 1. The van der Waals surface area contributed by atoms with Crippen molar-refractivity contribution in [2.45, 2.75) is 18.6 Å². The number of hydrogen-bond donors (Lipinski definition) is 0. The minimum absolute atomic E-state index is 0.00332. The van der Waals surface area contributed by atoms with Gasteiger partial charge in [-0.2, -0.15) is 0 Å². The predicted octanol–water partition coefficient (Wildman–Crippen LogP) is 2.21. The SMILES string of the molecule is CC(=O)SC1CC(=O)N(c2ncc(F)cc2I)C1. The maximum Gasteiger partial charge on any atom is 0.229 e. The number of nitrogens with zero attached hydrogens (tertiary/aromatic N) is 2. The Morgan fingerprint density at radius 2 is 2.39 bits per heavy atom. The van der Waals surface area contributed by atoms with Crippen molar-refractivity contribution >= 4 is 51.2 Å². The van der Waals surface area contributed by atoms with E-state index < -0.39 is 5.82 Å². The van der Waals surface area contributed by atoms with Crippen molar-refractivity contribution in [1.29, 1.82) is 0 Å². The first-order valence-corrected chi connectivity index (χ1v) is 7.22. The Morgan fingerprint density at radius 1 is 1.67 bits per heavy atom. The van der Waals surface area contributed by atoms with Gasteiger partial charge in [-0.3, -0.25) is 14.5 Å². The molecule has 0 spiro atoms. The van der Waals surface area contributed by atoms with E-state index >= 15 is 0 Å². The molecule has 96 valence electrons. The molecule has 1 fully saturated rings. The Bertz CT molecular complexity index is 512. The predicted molar refractivity (Wildman–Crippen MR) is 75.9 cm³/mol. The van der Waals surface area contributed by atoms with Crippen LogP contribution in [0.4, 0.5) is 10.2 Å². The summed E-state index contributed by atoms with van der Waals surface area (Å²) >= 11 is 3.12. The molecule has 1 atom stereocenters. The molecule has 0 N–H and O–H groups in total. The Balaban J connectivity index is 2.19. The van der Waals surface area contributed by atoms with Crippen LogP contribution in [0.2, 0.25) is 0 Å². The van der Waals surface area contributed by atoms with Crippen molar-refractivity contribution in [1.82, 2.24) is 4.98 Å². The van der Waals surface area contributed by atoms with E-state index in [2.05, 4.69) is 4.98 Å². The second-order valence-corrected chi connectivity index (χ2v) is 6.54. The highest BCUT2D eigenvalue weighted by Gasteiger charge is 2.33. The van der Waals surface area contributed by atoms with Gasteiger partial charge in [-0.05, 0) is 28.7 Å². The molecular weight excluding hydrogens is 370 g/mol. The second kappa shape index (κ2) is 5.52. The third-order valence-corrected chi connectivity index (χ3v) is 4.24. The van der Waals surface area contributed by atoms with Crippen LogP contribution in [0.25, 0.3) is 0 Å². The summed E-state index contributed by atoms with van der Waals surface area (Å²) < 4.78 is 13.6. The van der Waals surface area contributed by atoms with Crippen molar-refractivity contribution in [3.63, 3.8) is 0 Å². The monoisotopic (exact) mass is 380 g/mol. The van der Waals surface area contributed by atoms with Crippen LogP contribution in [0.15, 0.2) is 12.3 Å². The number of halogens is 2. The Morgan fingerprint density at radius 3 is 3.00 bits per heavy atom. The minimum atomic E-state index is -0.426. The first kappa shape index (κ1) is 13.7. The number of anilines is 1. The highest BCUT2D eigenvalue weighted by atomic mass is 127. The van der Waals surface area contributed by atoms with Crippen molar-refractivity contribution < 1.29 is 14.0 Å². The lowest BCUT2D eigenvalue weighted by atomic mass is 10.4. The van der Waals surface area contributed by atoms with Gasteiger partial charge in [0.25, 0.3) is 0 Å². The summed E-state index contributed by atoms with van der Waals surface area (Å²) in [5.41, 5.74) is 0. The number of pyridine rings is 1. The average Bonchev–Trinajstić information content (AvgIpc) is 2.58. The third-order valence-electron chi connectivity index (χ3n) is 2.47. The summed E-state index contributed by atoms with van der Waals surface area (Å²) in [6.07, 6.45) is 1.41. The van der Waals surface area contributed by atoms with Gasteiger partial charge in [0, 0.05) is 25.1 Å². The summed E-state index contributed by atoms with van der Waals surface area (Å²) in [4.78, 5) is 28.4. The first-order valence-electron chi connectivity index (χ1n) is 5.26. The number of carbonyl (C=O) groups is 2. The molecule has 7 heteroatoms. The number of thioether (sulfide) groups is 1. The number of rotatable bonds is 2. The fourth-order valence-corrected chi connectivity index (χ4v) is 3.45. The fraction of sp³-hybridized carbons (Fsp3) is 0.364. The zero-order chi connectivity index (χ0) is 13.3. The van der Waals surface area contributed by atoms with Gasteiger partial charge >= 0.3 is 0 Å². The van der Waals surface area contributed by atoms with Crippen LogP contribution in [0, 0.1) is 9.39 Å². The standard InChI is InChI=1S/C11H10FIN2O2S/c1-6(16)18-8-3-10(17)15(5-8)11-9(13)2-7(12)4-14-11/h2,4,8H,3,5H2,1H3. The maximum atomic E-state index is 13.0. The molecule has 0 aliphatic carbocycles. The summed E-state index contributed by atoms with van der Waals surface area (Å²) in [6, 6.07) is 1.33. The molecule has 0 aromatic carbocycles. The van der Waals surface area contributed by atoms with Gasteiger partial charge in [0.05, 0.1) is 9.77 Å². The van der Waals surface area contributed by atoms with Crippen molar-refractivity contribution in [3.05, 3.63) is 21.7 Å². The van der Waals surface area contributed by atoms with E-state index in [1.165, 1.54) is 29.7 Å². The van der Waals surface area contributed by atoms with Crippen LogP contribution in [0.1, 0.15) is 13.3 Å². The normalized spacial score (nSPS) is 19.4. The lowest BCUT2D eigenvalue weighted by Crippen LogP contribution is -2.27. The summed E-state index contributed by atoms with van der Waals surface area (Å²) in [6.45, 7) is 1.93. The molecule has 1 aliphatic heterocycles. The Kier molecular flexibility index (Phi) is 4.21. The third kappa shape index (κ3) is 3.00. The molecule has 1 aromatic heterocycles. The molecule has 0 bridgehead atoms. The summed E-state index contributed by atoms with van der Waals surface area (Å²) in [5, 5.41) is -0.0472. The molecule has 1 aliphatic rings. The molecule has 4 nitrogen and oxygen atoms in total. The quantitative estimate of drug-likeness (QED) is 0.739.